The maximum Gasteiger partial charge on any atom is 0.233 e. The molecule has 0 spiro atoms. The number of carbonyl (C=O) groups is 1. The van der Waals surface area contributed by atoms with E-state index in [9.17, 15) is 9.90 Å². The predicted molar refractivity (Wildman–Crippen MR) is 103 cm³/mol. The molecule has 134 valence electrons. The van der Waals surface area contributed by atoms with Crippen molar-refractivity contribution in [2.24, 2.45) is 0 Å². The Bertz CT molecular complexity index is 678. The molecule has 25 heavy (non-hydrogen) atoms. The van der Waals surface area contributed by atoms with Gasteiger partial charge in [0, 0.05) is 11.3 Å². The average molecular weight is 359 g/mol. The Morgan fingerprint density at radius 1 is 1.12 bits per heavy atom. The molecular weight excluding hydrogens is 334 g/mol. The number of amides is 1. The average Bonchev–Trinajstić information content (AvgIpc) is 2.66. The Kier molecular flexibility index (Phi) is 7.34. The standard InChI is InChI=1S/C20H25NO3S/c1-14(17-11-7-8-12-19(17)24-3)21-20(23)15(2)25-13-18(22)16-9-5-4-6-10-16/h4-12,14-15,18,22H,13H2,1-3H3,(H,21,23). The number of rotatable bonds is 8. The van der Waals surface area contributed by atoms with Gasteiger partial charge in [0.1, 0.15) is 5.75 Å². The number of benzene rings is 2. The van der Waals surface area contributed by atoms with Gasteiger partial charge in [-0.2, -0.15) is 0 Å². The van der Waals surface area contributed by atoms with Crippen molar-refractivity contribution >= 4 is 17.7 Å². The number of nitrogens with one attached hydrogen (secondary N) is 1. The number of ether oxygens (including phenoxy) is 1. The van der Waals surface area contributed by atoms with Gasteiger partial charge in [0.2, 0.25) is 5.91 Å². The van der Waals surface area contributed by atoms with E-state index >= 15 is 0 Å². The molecule has 0 saturated heterocycles. The normalized spacial score (nSPS) is 14.4. The molecule has 4 nitrogen and oxygen atoms in total. The Labute approximate surface area is 153 Å². The predicted octanol–water partition coefficient (Wildman–Crippen LogP) is 3.73. The third-order valence-corrected chi connectivity index (χ3v) is 5.24. The molecule has 2 aromatic rings. The van der Waals surface area contributed by atoms with Crippen LogP contribution in [0.5, 0.6) is 5.75 Å². The fraction of sp³-hybridized carbons (Fsp3) is 0.350. The number of methoxy groups -OCH3 is 1. The minimum Gasteiger partial charge on any atom is -0.496 e. The zero-order chi connectivity index (χ0) is 18.2. The molecule has 0 bridgehead atoms. The molecule has 2 N–H and O–H groups in total. The van der Waals surface area contributed by atoms with Crippen LogP contribution in [-0.2, 0) is 4.79 Å². The van der Waals surface area contributed by atoms with E-state index < -0.39 is 6.10 Å². The molecule has 0 heterocycles. The van der Waals surface area contributed by atoms with Crippen molar-refractivity contribution in [1.29, 1.82) is 0 Å². The number of thioether (sulfide) groups is 1. The molecule has 2 aromatic carbocycles. The number of aliphatic hydroxyl groups is 1. The second kappa shape index (κ2) is 9.49. The van der Waals surface area contributed by atoms with Crippen molar-refractivity contribution in [1.82, 2.24) is 5.32 Å². The molecule has 0 saturated carbocycles. The van der Waals surface area contributed by atoms with E-state index in [0.717, 1.165) is 16.9 Å². The fourth-order valence-corrected chi connectivity index (χ4v) is 3.40. The summed E-state index contributed by atoms with van der Waals surface area (Å²) in [5, 5.41) is 13.0. The molecule has 3 atom stereocenters. The Hall–Kier alpha value is -1.98. The van der Waals surface area contributed by atoms with E-state index in [1.807, 2.05) is 68.4 Å². The van der Waals surface area contributed by atoms with Gasteiger partial charge in [0.25, 0.3) is 0 Å². The van der Waals surface area contributed by atoms with Crippen LogP contribution < -0.4 is 10.1 Å². The van der Waals surface area contributed by atoms with Crippen LogP contribution in [0.3, 0.4) is 0 Å². The van der Waals surface area contributed by atoms with Crippen LogP contribution >= 0.6 is 11.8 Å². The highest BCUT2D eigenvalue weighted by Crippen LogP contribution is 2.26. The second-order valence-corrected chi connectivity index (χ2v) is 7.25. The van der Waals surface area contributed by atoms with Gasteiger partial charge in [-0.25, -0.2) is 0 Å². The lowest BCUT2D eigenvalue weighted by molar-refractivity contribution is -0.120. The van der Waals surface area contributed by atoms with Crippen molar-refractivity contribution in [3.63, 3.8) is 0 Å². The smallest absolute Gasteiger partial charge is 0.233 e. The summed E-state index contributed by atoms with van der Waals surface area (Å²) in [4.78, 5) is 12.4. The van der Waals surface area contributed by atoms with Crippen LogP contribution in [0.2, 0.25) is 0 Å². The number of hydrogen-bond donors (Lipinski definition) is 2. The van der Waals surface area contributed by atoms with Crippen LogP contribution in [0.4, 0.5) is 0 Å². The summed E-state index contributed by atoms with van der Waals surface area (Å²) in [5.41, 5.74) is 1.81. The summed E-state index contributed by atoms with van der Waals surface area (Å²) in [7, 11) is 1.62. The van der Waals surface area contributed by atoms with Crippen LogP contribution in [0.1, 0.15) is 37.1 Å². The fourth-order valence-electron chi connectivity index (χ4n) is 2.52. The topological polar surface area (TPSA) is 58.6 Å². The van der Waals surface area contributed by atoms with E-state index in [-0.39, 0.29) is 17.2 Å². The molecule has 0 aliphatic heterocycles. The van der Waals surface area contributed by atoms with E-state index in [1.165, 1.54) is 11.8 Å². The van der Waals surface area contributed by atoms with E-state index in [4.69, 9.17) is 4.74 Å². The number of para-hydroxylation sites is 1. The van der Waals surface area contributed by atoms with Crippen molar-refractivity contribution < 1.29 is 14.6 Å². The third kappa shape index (κ3) is 5.51. The quantitative estimate of drug-likeness (QED) is 0.754. The molecule has 0 aliphatic carbocycles. The minimum atomic E-state index is -0.576. The van der Waals surface area contributed by atoms with Gasteiger partial charge < -0.3 is 15.2 Å². The van der Waals surface area contributed by atoms with Crippen LogP contribution in [0, 0.1) is 0 Å². The third-order valence-electron chi connectivity index (χ3n) is 4.02. The van der Waals surface area contributed by atoms with Crippen molar-refractivity contribution in [2.45, 2.75) is 31.2 Å². The van der Waals surface area contributed by atoms with Crippen LogP contribution in [0.15, 0.2) is 54.6 Å². The van der Waals surface area contributed by atoms with Crippen molar-refractivity contribution in [3.8, 4) is 5.75 Å². The summed E-state index contributed by atoms with van der Waals surface area (Å²) in [6.45, 7) is 3.79. The molecular formula is C20H25NO3S. The van der Waals surface area contributed by atoms with Crippen LogP contribution in [-0.4, -0.2) is 29.1 Å². The Morgan fingerprint density at radius 3 is 2.44 bits per heavy atom. The van der Waals surface area contributed by atoms with E-state index in [1.54, 1.807) is 7.11 Å². The zero-order valence-electron chi connectivity index (χ0n) is 14.8. The Morgan fingerprint density at radius 2 is 1.76 bits per heavy atom. The van der Waals surface area contributed by atoms with Gasteiger partial charge >= 0.3 is 0 Å². The summed E-state index contributed by atoms with van der Waals surface area (Å²) >= 11 is 1.44. The molecule has 0 aliphatic rings. The van der Waals surface area contributed by atoms with Gasteiger partial charge in [-0.15, -0.1) is 11.8 Å². The largest absolute Gasteiger partial charge is 0.496 e. The molecule has 0 radical (unpaired) electrons. The molecule has 1 amide bonds. The lowest BCUT2D eigenvalue weighted by Gasteiger charge is -2.20. The lowest BCUT2D eigenvalue weighted by atomic mass is 10.1. The summed E-state index contributed by atoms with van der Waals surface area (Å²) in [6, 6.07) is 17.0. The van der Waals surface area contributed by atoms with Gasteiger partial charge in [-0.3, -0.25) is 4.79 Å². The first-order valence-corrected chi connectivity index (χ1v) is 9.35. The molecule has 3 unspecified atom stereocenters. The highest BCUT2D eigenvalue weighted by atomic mass is 32.2. The molecule has 5 heteroatoms. The SMILES string of the molecule is COc1ccccc1C(C)NC(=O)C(C)SCC(O)c1ccccc1. The Balaban J connectivity index is 1.87. The van der Waals surface area contributed by atoms with Gasteiger partial charge in [-0.05, 0) is 25.5 Å². The maximum atomic E-state index is 12.4. The highest BCUT2D eigenvalue weighted by Gasteiger charge is 2.20. The van der Waals surface area contributed by atoms with Gasteiger partial charge in [-0.1, -0.05) is 48.5 Å². The van der Waals surface area contributed by atoms with E-state index in [2.05, 4.69) is 5.32 Å². The number of aliphatic hydroxyl groups excluding tert-OH is 1. The van der Waals surface area contributed by atoms with E-state index in [0.29, 0.717) is 5.75 Å². The minimum absolute atomic E-state index is 0.0522. The van der Waals surface area contributed by atoms with Crippen molar-refractivity contribution in [3.05, 3.63) is 65.7 Å². The number of hydrogen-bond acceptors (Lipinski definition) is 4. The highest BCUT2D eigenvalue weighted by molar-refractivity contribution is 8.00. The number of carbonyl (C=O) groups excluding carboxylic acids is 1. The summed E-state index contributed by atoms with van der Waals surface area (Å²) < 4.78 is 5.35. The van der Waals surface area contributed by atoms with Gasteiger partial charge in [0.05, 0.1) is 24.5 Å². The molecule has 0 aromatic heterocycles. The summed E-state index contributed by atoms with van der Waals surface area (Å²) in [6.07, 6.45) is -0.576. The van der Waals surface area contributed by atoms with Gasteiger partial charge in [0.15, 0.2) is 0 Å². The maximum absolute atomic E-state index is 12.4. The zero-order valence-corrected chi connectivity index (χ0v) is 15.6. The summed E-state index contributed by atoms with van der Waals surface area (Å²) in [5.74, 6) is 1.18. The first-order valence-electron chi connectivity index (χ1n) is 8.30. The molecule has 0 fully saturated rings. The second-order valence-electron chi connectivity index (χ2n) is 5.87. The van der Waals surface area contributed by atoms with Crippen LogP contribution in [0.25, 0.3) is 0 Å². The molecule has 2 rings (SSSR count). The lowest BCUT2D eigenvalue weighted by Crippen LogP contribution is -2.33. The first kappa shape index (κ1) is 19.3. The van der Waals surface area contributed by atoms with Crippen molar-refractivity contribution in [2.75, 3.05) is 12.9 Å². The monoisotopic (exact) mass is 359 g/mol. The first-order chi connectivity index (χ1) is 12.0.